The molecule has 0 spiro atoms. The predicted molar refractivity (Wildman–Crippen MR) is 210 cm³/mol. The van der Waals surface area contributed by atoms with Gasteiger partial charge in [-0.2, -0.15) is 10.5 Å². The first-order valence-corrected chi connectivity index (χ1v) is 18.2. The van der Waals surface area contributed by atoms with Gasteiger partial charge in [0.15, 0.2) is 0 Å². The summed E-state index contributed by atoms with van der Waals surface area (Å²) in [7, 11) is 0. The van der Waals surface area contributed by atoms with Crippen molar-refractivity contribution in [3.8, 4) is 12.1 Å². The lowest BCUT2D eigenvalue weighted by molar-refractivity contribution is 0.215. The number of nitrogens with one attached hydrogen (secondary N) is 1. The molecule has 2 saturated heterocycles. The van der Waals surface area contributed by atoms with E-state index in [0.717, 1.165) is 67.2 Å². The Bertz CT molecular complexity index is 2010. The smallest absolute Gasteiger partial charge is 0.0992 e. The van der Waals surface area contributed by atoms with E-state index in [1.54, 1.807) is 12.1 Å². The fourth-order valence-corrected chi connectivity index (χ4v) is 7.51. The normalized spacial score (nSPS) is 17.5. The summed E-state index contributed by atoms with van der Waals surface area (Å²) in [6.07, 6.45) is 0. The average molecular weight is 755 g/mol. The van der Waals surface area contributed by atoms with E-state index in [2.05, 4.69) is 68.6 Å². The molecule has 0 aromatic heterocycles. The molecule has 5 aromatic carbocycles. The summed E-state index contributed by atoms with van der Waals surface area (Å²) in [6, 6.07) is 42.1. The Labute approximate surface area is 319 Å². The molecule has 2 heterocycles. The van der Waals surface area contributed by atoms with Crippen LogP contribution >= 0.6 is 46.4 Å². The van der Waals surface area contributed by atoms with Crippen molar-refractivity contribution in [3.05, 3.63) is 163 Å². The molecule has 0 bridgehead atoms. The molecule has 258 valence electrons. The van der Waals surface area contributed by atoms with Crippen LogP contribution in [-0.4, -0.2) is 44.2 Å². The van der Waals surface area contributed by atoms with Crippen molar-refractivity contribution in [2.24, 2.45) is 0 Å². The molecule has 0 radical (unpaired) electrons. The monoisotopic (exact) mass is 752 g/mol. The van der Waals surface area contributed by atoms with Gasteiger partial charge in [0.2, 0.25) is 0 Å². The molecule has 2 aliphatic rings. The Kier molecular flexibility index (Phi) is 12.4. The third-order valence-electron chi connectivity index (χ3n) is 9.24. The molecule has 0 saturated carbocycles. The van der Waals surface area contributed by atoms with Gasteiger partial charge in [-0.15, -0.1) is 0 Å². The lowest BCUT2D eigenvalue weighted by atomic mass is 10.0. The van der Waals surface area contributed by atoms with E-state index in [0.29, 0.717) is 21.2 Å². The standard InChI is InChI=1S/C24H21Cl2N3.C17H15Cl2N3/c25-21-9-7-20(8-10-21)24-17-28(16-18-4-2-1-3-5-18)12-13-29(24)23-11-6-19(15-27)14-22(23)26;18-14-4-2-13(3-5-14)17-11-21-7-8-22(17)16-6-1-12(10-20)9-15(16)19/h1-11,14,24H,12-13,16-17H2;1-6,9,17,21H,7-8,11H2/t24-;17-/m00/s1. The van der Waals surface area contributed by atoms with Crippen LogP contribution in [0.1, 0.15) is 39.9 Å². The third kappa shape index (κ3) is 9.17. The van der Waals surface area contributed by atoms with Crippen molar-refractivity contribution in [2.45, 2.75) is 18.6 Å². The molecule has 0 aliphatic carbocycles. The summed E-state index contributed by atoms with van der Waals surface area (Å²) in [5, 5.41) is 24.2. The molecule has 51 heavy (non-hydrogen) atoms. The Balaban J connectivity index is 0.000000183. The van der Waals surface area contributed by atoms with Gasteiger partial charge in [0.25, 0.3) is 0 Å². The lowest BCUT2D eigenvalue weighted by Crippen LogP contribution is -2.48. The Morgan fingerprint density at radius 2 is 1.14 bits per heavy atom. The maximum absolute atomic E-state index is 9.15. The van der Waals surface area contributed by atoms with Gasteiger partial charge in [0, 0.05) is 55.9 Å². The summed E-state index contributed by atoms with van der Waals surface area (Å²) in [6.45, 7) is 6.20. The van der Waals surface area contributed by atoms with Crippen LogP contribution in [0.15, 0.2) is 115 Å². The van der Waals surface area contributed by atoms with Crippen molar-refractivity contribution in [1.82, 2.24) is 10.2 Å². The number of nitrogens with zero attached hydrogens (tertiary/aromatic N) is 5. The summed E-state index contributed by atoms with van der Waals surface area (Å²) < 4.78 is 0. The zero-order valence-corrected chi connectivity index (χ0v) is 30.8. The average Bonchev–Trinajstić information content (AvgIpc) is 3.16. The number of rotatable bonds is 6. The highest BCUT2D eigenvalue weighted by atomic mass is 35.5. The molecule has 0 amide bonds. The quantitative estimate of drug-likeness (QED) is 0.186. The van der Waals surface area contributed by atoms with Gasteiger partial charge < -0.3 is 15.1 Å². The van der Waals surface area contributed by atoms with Crippen LogP contribution in [0, 0.1) is 22.7 Å². The number of halogens is 4. The van der Waals surface area contributed by atoms with E-state index in [4.69, 9.17) is 56.9 Å². The molecule has 5 aromatic rings. The van der Waals surface area contributed by atoms with E-state index in [-0.39, 0.29) is 12.1 Å². The molecule has 2 aliphatic heterocycles. The van der Waals surface area contributed by atoms with Gasteiger partial charge in [-0.1, -0.05) is 101 Å². The van der Waals surface area contributed by atoms with Gasteiger partial charge >= 0.3 is 0 Å². The molecule has 6 nitrogen and oxygen atoms in total. The molecule has 7 rings (SSSR count). The van der Waals surface area contributed by atoms with Crippen LogP contribution in [0.25, 0.3) is 0 Å². The number of nitriles is 2. The van der Waals surface area contributed by atoms with Gasteiger partial charge in [0.05, 0.1) is 56.8 Å². The largest absolute Gasteiger partial charge is 0.361 e. The van der Waals surface area contributed by atoms with E-state index in [1.165, 1.54) is 16.7 Å². The first-order valence-electron chi connectivity index (χ1n) is 16.7. The van der Waals surface area contributed by atoms with E-state index in [1.807, 2.05) is 66.7 Å². The first-order chi connectivity index (χ1) is 24.8. The van der Waals surface area contributed by atoms with Crippen molar-refractivity contribution in [1.29, 1.82) is 10.5 Å². The molecule has 2 atom stereocenters. The Morgan fingerprint density at radius 3 is 1.67 bits per heavy atom. The Morgan fingerprint density at radius 1 is 0.608 bits per heavy atom. The van der Waals surface area contributed by atoms with Crippen LogP contribution in [0.3, 0.4) is 0 Å². The fraction of sp³-hybridized carbons (Fsp3) is 0.220. The fourth-order valence-electron chi connectivity index (χ4n) is 6.68. The highest BCUT2D eigenvalue weighted by Gasteiger charge is 2.30. The third-order valence-corrected chi connectivity index (χ3v) is 10.3. The topological polar surface area (TPSA) is 69.3 Å². The summed E-state index contributed by atoms with van der Waals surface area (Å²) in [4.78, 5) is 7.10. The second-order valence-electron chi connectivity index (χ2n) is 12.5. The minimum atomic E-state index is 0.148. The molecular formula is C41H36Cl4N6. The van der Waals surface area contributed by atoms with Crippen molar-refractivity contribution in [3.63, 3.8) is 0 Å². The maximum Gasteiger partial charge on any atom is 0.0992 e. The van der Waals surface area contributed by atoms with Crippen LogP contribution in [-0.2, 0) is 6.54 Å². The predicted octanol–water partition coefficient (Wildman–Crippen LogP) is 9.94. The number of hydrogen-bond acceptors (Lipinski definition) is 6. The molecular weight excluding hydrogens is 718 g/mol. The van der Waals surface area contributed by atoms with Crippen LogP contribution in [0.2, 0.25) is 20.1 Å². The summed E-state index contributed by atoms with van der Waals surface area (Å²) in [5.41, 5.74) is 6.78. The van der Waals surface area contributed by atoms with Crippen molar-refractivity contribution < 1.29 is 0 Å². The number of hydrogen-bond donors (Lipinski definition) is 1. The maximum atomic E-state index is 9.15. The second-order valence-corrected chi connectivity index (χ2v) is 14.2. The Hall–Kier alpha value is -4.24. The van der Waals surface area contributed by atoms with Gasteiger partial charge in [-0.3, -0.25) is 4.90 Å². The van der Waals surface area contributed by atoms with E-state index in [9.17, 15) is 0 Å². The SMILES string of the molecule is N#Cc1ccc(N2CCN(Cc3ccccc3)C[C@H]2c2ccc(Cl)cc2)c(Cl)c1.N#Cc1ccc(N2CCNC[C@H]2c2ccc(Cl)cc2)c(Cl)c1. The van der Waals surface area contributed by atoms with Crippen molar-refractivity contribution in [2.75, 3.05) is 49.1 Å². The van der Waals surface area contributed by atoms with Gasteiger partial charge in [0.1, 0.15) is 0 Å². The number of piperazine rings is 2. The zero-order chi connectivity index (χ0) is 35.7. The van der Waals surface area contributed by atoms with E-state index >= 15 is 0 Å². The number of anilines is 2. The van der Waals surface area contributed by atoms with Gasteiger partial charge in [-0.25, -0.2) is 0 Å². The number of benzene rings is 5. The minimum Gasteiger partial charge on any atom is -0.361 e. The summed E-state index contributed by atoms with van der Waals surface area (Å²) in [5.74, 6) is 0. The molecule has 10 heteroatoms. The van der Waals surface area contributed by atoms with Crippen LogP contribution < -0.4 is 15.1 Å². The van der Waals surface area contributed by atoms with Crippen LogP contribution in [0.4, 0.5) is 11.4 Å². The molecule has 2 fully saturated rings. The van der Waals surface area contributed by atoms with Gasteiger partial charge in [-0.05, 0) is 77.4 Å². The second kappa shape index (κ2) is 17.3. The highest BCUT2D eigenvalue weighted by Crippen LogP contribution is 2.37. The van der Waals surface area contributed by atoms with E-state index < -0.39 is 0 Å². The van der Waals surface area contributed by atoms with Crippen LogP contribution in [0.5, 0.6) is 0 Å². The first kappa shape index (κ1) is 36.5. The molecule has 0 unspecified atom stereocenters. The molecule has 1 N–H and O–H groups in total. The lowest BCUT2D eigenvalue weighted by Gasteiger charge is -2.43. The van der Waals surface area contributed by atoms with Crippen molar-refractivity contribution >= 4 is 57.8 Å². The summed E-state index contributed by atoms with van der Waals surface area (Å²) >= 11 is 25.0. The zero-order valence-electron chi connectivity index (χ0n) is 27.8. The highest BCUT2D eigenvalue weighted by molar-refractivity contribution is 6.34. The minimum absolute atomic E-state index is 0.148.